The van der Waals surface area contributed by atoms with Crippen molar-refractivity contribution < 1.29 is 23.9 Å². The minimum atomic E-state index is -0.790. The van der Waals surface area contributed by atoms with Crippen LogP contribution in [0.25, 0.3) is 0 Å². The lowest BCUT2D eigenvalue weighted by atomic mass is 10.2. The number of amides is 1. The maximum absolute atomic E-state index is 10.9. The highest BCUT2D eigenvalue weighted by molar-refractivity contribution is 5.81. The van der Waals surface area contributed by atoms with Crippen LogP contribution >= 0.6 is 0 Å². The largest absolute Gasteiger partial charge is 0.428 e. The molecule has 1 N–H and O–H groups in total. The first-order valence-electron chi connectivity index (χ1n) is 4.50. The second-order valence-electron chi connectivity index (χ2n) is 3.22. The highest BCUT2D eigenvalue weighted by Crippen LogP contribution is 1.95. The topological polar surface area (TPSA) is 81.7 Å². The van der Waals surface area contributed by atoms with Crippen molar-refractivity contribution in [3.05, 3.63) is 0 Å². The Morgan fingerprint density at radius 2 is 1.80 bits per heavy atom. The fraction of sp³-hybridized carbons (Fsp3) is 0.667. The number of hydrogen-bond acceptors (Lipinski definition) is 5. The number of ketones is 1. The fourth-order valence-electron chi connectivity index (χ4n) is 0.555. The summed E-state index contributed by atoms with van der Waals surface area (Å²) in [6.45, 7) is 4.12. The average molecular weight is 217 g/mol. The molecule has 0 saturated carbocycles. The van der Waals surface area contributed by atoms with E-state index < -0.39 is 18.9 Å². The standard InChI is InChI=1S/C9H15NO5/c1-6(2)8(12)14-5-15-9(13)10-4-7(3)11/h6H,4-5H2,1-3H3,(H,10,13). The zero-order valence-electron chi connectivity index (χ0n) is 9.03. The van der Waals surface area contributed by atoms with Crippen LogP contribution in [0.5, 0.6) is 0 Å². The molecule has 0 atom stereocenters. The molecule has 6 heteroatoms. The Hall–Kier alpha value is -1.59. The van der Waals surface area contributed by atoms with Crippen LogP contribution in [-0.2, 0) is 19.1 Å². The van der Waals surface area contributed by atoms with E-state index in [9.17, 15) is 14.4 Å². The highest BCUT2D eigenvalue weighted by Gasteiger charge is 2.09. The van der Waals surface area contributed by atoms with Gasteiger partial charge in [0.25, 0.3) is 0 Å². The Kier molecular flexibility index (Phi) is 6.08. The quantitative estimate of drug-likeness (QED) is 0.534. The number of ether oxygens (including phenoxy) is 2. The van der Waals surface area contributed by atoms with Crippen molar-refractivity contribution in [3.63, 3.8) is 0 Å². The number of nitrogens with one attached hydrogen (secondary N) is 1. The maximum Gasteiger partial charge on any atom is 0.410 e. The average Bonchev–Trinajstić information content (AvgIpc) is 2.14. The van der Waals surface area contributed by atoms with Crippen LogP contribution in [0, 0.1) is 5.92 Å². The number of alkyl carbamates (subject to hydrolysis) is 1. The Morgan fingerprint density at radius 1 is 1.20 bits per heavy atom. The third-order valence-electron chi connectivity index (χ3n) is 1.34. The highest BCUT2D eigenvalue weighted by atomic mass is 16.7. The zero-order chi connectivity index (χ0) is 11.8. The first-order chi connectivity index (χ1) is 6.93. The van der Waals surface area contributed by atoms with Gasteiger partial charge in [-0.3, -0.25) is 9.59 Å². The van der Waals surface area contributed by atoms with Gasteiger partial charge in [-0.25, -0.2) is 4.79 Å². The van der Waals surface area contributed by atoms with E-state index in [4.69, 9.17) is 0 Å². The van der Waals surface area contributed by atoms with E-state index in [2.05, 4.69) is 14.8 Å². The van der Waals surface area contributed by atoms with Gasteiger partial charge in [0, 0.05) is 0 Å². The minimum Gasteiger partial charge on any atom is -0.428 e. The Balaban J connectivity index is 3.55. The lowest BCUT2D eigenvalue weighted by Gasteiger charge is -2.08. The van der Waals surface area contributed by atoms with Crippen molar-refractivity contribution in [1.29, 1.82) is 0 Å². The summed E-state index contributed by atoms with van der Waals surface area (Å²) in [4.78, 5) is 32.2. The summed E-state index contributed by atoms with van der Waals surface area (Å²) in [6, 6.07) is 0. The Bertz CT molecular complexity index is 249. The SMILES string of the molecule is CC(=O)CNC(=O)OCOC(=O)C(C)C. The minimum absolute atomic E-state index is 0.100. The summed E-state index contributed by atoms with van der Waals surface area (Å²) in [5.74, 6) is -0.908. The van der Waals surface area contributed by atoms with E-state index in [0.29, 0.717) is 0 Å². The van der Waals surface area contributed by atoms with Crippen LogP contribution in [0.3, 0.4) is 0 Å². The normalized spacial score (nSPS) is 9.60. The molecule has 15 heavy (non-hydrogen) atoms. The molecule has 0 aliphatic heterocycles. The van der Waals surface area contributed by atoms with Gasteiger partial charge in [0.15, 0.2) is 0 Å². The molecule has 0 aromatic heterocycles. The van der Waals surface area contributed by atoms with Crippen LogP contribution in [0.4, 0.5) is 4.79 Å². The van der Waals surface area contributed by atoms with Gasteiger partial charge in [0.2, 0.25) is 6.79 Å². The van der Waals surface area contributed by atoms with E-state index in [1.807, 2.05) is 0 Å². The summed E-state index contributed by atoms with van der Waals surface area (Å²) in [7, 11) is 0. The number of carbonyl (C=O) groups excluding carboxylic acids is 3. The number of esters is 1. The molecule has 0 saturated heterocycles. The van der Waals surface area contributed by atoms with E-state index >= 15 is 0 Å². The van der Waals surface area contributed by atoms with E-state index in [1.165, 1.54) is 6.92 Å². The molecule has 0 aromatic rings. The van der Waals surface area contributed by atoms with Gasteiger partial charge < -0.3 is 14.8 Å². The summed E-state index contributed by atoms with van der Waals surface area (Å²) in [5.41, 5.74) is 0. The smallest absolute Gasteiger partial charge is 0.410 e. The van der Waals surface area contributed by atoms with E-state index in [-0.39, 0.29) is 18.2 Å². The maximum atomic E-state index is 10.9. The third-order valence-corrected chi connectivity index (χ3v) is 1.34. The molecule has 6 nitrogen and oxygen atoms in total. The van der Waals surface area contributed by atoms with Crippen LogP contribution in [0.2, 0.25) is 0 Å². The molecule has 0 radical (unpaired) electrons. The van der Waals surface area contributed by atoms with Crippen molar-refractivity contribution in [1.82, 2.24) is 5.32 Å². The van der Waals surface area contributed by atoms with Gasteiger partial charge in [-0.15, -0.1) is 0 Å². The fourth-order valence-corrected chi connectivity index (χ4v) is 0.555. The molecule has 0 aliphatic carbocycles. The summed E-state index contributed by atoms with van der Waals surface area (Å²) >= 11 is 0. The molecular formula is C9H15NO5. The molecule has 0 rings (SSSR count). The van der Waals surface area contributed by atoms with Crippen molar-refractivity contribution in [2.24, 2.45) is 5.92 Å². The second-order valence-corrected chi connectivity index (χ2v) is 3.22. The molecule has 0 spiro atoms. The number of Topliss-reactive ketones (excluding diaryl/α,β-unsaturated/α-hetero) is 1. The van der Waals surface area contributed by atoms with Crippen LogP contribution in [0.15, 0.2) is 0 Å². The molecule has 0 fully saturated rings. The molecule has 0 aromatic carbocycles. The monoisotopic (exact) mass is 217 g/mol. The molecule has 0 aliphatic rings. The van der Waals surface area contributed by atoms with Gasteiger partial charge in [0.05, 0.1) is 12.5 Å². The second kappa shape index (κ2) is 6.80. The first-order valence-corrected chi connectivity index (χ1v) is 4.50. The Labute approximate surface area is 87.9 Å². The van der Waals surface area contributed by atoms with Crippen molar-refractivity contribution >= 4 is 17.8 Å². The Morgan fingerprint density at radius 3 is 2.27 bits per heavy atom. The van der Waals surface area contributed by atoms with Gasteiger partial charge >= 0.3 is 12.1 Å². The van der Waals surface area contributed by atoms with Crippen molar-refractivity contribution in [2.75, 3.05) is 13.3 Å². The zero-order valence-corrected chi connectivity index (χ0v) is 9.03. The predicted octanol–water partition coefficient (Wildman–Crippen LogP) is 0.458. The van der Waals surface area contributed by atoms with Crippen LogP contribution in [-0.4, -0.2) is 31.2 Å². The van der Waals surface area contributed by atoms with Gasteiger partial charge in [-0.1, -0.05) is 13.8 Å². The first kappa shape index (κ1) is 13.4. The van der Waals surface area contributed by atoms with Gasteiger partial charge in [-0.05, 0) is 6.92 Å². The summed E-state index contributed by atoms with van der Waals surface area (Å²) in [6.07, 6.45) is -0.790. The van der Waals surface area contributed by atoms with Crippen LogP contribution < -0.4 is 5.32 Å². The molecule has 1 amide bonds. The molecule has 0 bridgehead atoms. The number of rotatable bonds is 5. The predicted molar refractivity (Wildman–Crippen MR) is 51.0 cm³/mol. The van der Waals surface area contributed by atoms with Crippen molar-refractivity contribution in [3.8, 4) is 0 Å². The lowest BCUT2D eigenvalue weighted by molar-refractivity contribution is -0.155. The number of carbonyl (C=O) groups is 3. The lowest BCUT2D eigenvalue weighted by Crippen LogP contribution is -2.30. The summed E-state index contributed by atoms with van der Waals surface area (Å²) < 4.78 is 9.04. The number of hydrogen-bond donors (Lipinski definition) is 1. The molecule has 0 heterocycles. The molecule has 86 valence electrons. The summed E-state index contributed by atoms with van der Waals surface area (Å²) in [5, 5.41) is 2.18. The van der Waals surface area contributed by atoms with E-state index in [0.717, 1.165) is 0 Å². The van der Waals surface area contributed by atoms with Gasteiger partial charge in [-0.2, -0.15) is 0 Å². The van der Waals surface area contributed by atoms with Gasteiger partial charge in [0.1, 0.15) is 5.78 Å². The third kappa shape index (κ3) is 7.48. The van der Waals surface area contributed by atoms with Crippen LogP contribution in [0.1, 0.15) is 20.8 Å². The molecular weight excluding hydrogens is 202 g/mol. The molecule has 0 unspecified atom stereocenters. The van der Waals surface area contributed by atoms with E-state index in [1.54, 1.807) is 13.8 Å². The van der Waals surface area contributed by atoms with Crippen molar-refractivity contribution in [2.45, 2.75) is 20.8 Å².